The van der Waals surface area contributed by atoms with Crippen LogP contribution in [0, 0.1) is 5.92 Å². The summed E-state index contributed by atoms with van der Waals surface area (Å²) in [5.41, 5.74) is 1.26. The van der Waals surface area contributed by atoms with E-state index in [1.807, 2.05) is 30.3 Å². The van der Waals surface area contributed by atoms with Crippen LogP contribution in [-0.2, 0) is 11.0 Å². The molecule has 4 nitrogen and oxygen atoms in total. The first kappa shape index (κ1) is 19.6. The average molecular weight is 420 g/mol. The molecule has 2 aromatic heterocycles. The number of anilines is 1. The number of carbonyl (C=O) groups excluding carboxylic acids is 1. The first-order valence-corrected chi connectivity index (χ1v) is 9.58. The highest BCUT2D eigenvalue weighted by Gasteiger charge is 2.32. The van der Waals surface area contributed by atoms with Gasteiger partial charge in [0.2, 0.25) is 5.24 Å². The van der Waals surface area contributed by atoms with Crippen molar-refractivity contribution >= 4 is 33.6 Å². The predicted octanol–water partition coefficient (Wildman–Crippen LogP) is 5.30. The van der Waals surface area contributed by atoms with Crippen LogP contribution in [0.4, 0.5) is 19.0 Å². The molecule has 1 saturated heterocycles. The first-order chi connectivity index (χ1) is 13.8. The number of hydrogen-bond donors (Lipinski definition) is 0. The molecule has 0 amide bonds. The highest BCUT2D eigenvalue weighted by molar-refractivity contribution is 6.64. The summed E-state index contributed by atoms with van der Waals surface area (Å²) in [5, 5.41) is 0.610. The lowest BCUT2D eigenvalue weighted by Crippen LogP contribution is -2.35. The van der Waals surface area contributed by atoms with Crippen LogP contribution < -0.4 is 4.90 Å². The summed E-state index contributed by atoms with van der Waals surface area (Å²) < 4.78 is 38.1. The summed E-state index contributed by atoms with van der Waals surface area (Å²) in [6, 6.07) is 11.8. The van der Waals surface area contributed by atoms with E-state index in [9.17, 15) is 18.0 Å². The van der Waals surface area contributed by atoms with Crippen LogP contribution in [0.25, 0.3) is 22.0 Å². The highest BCUT2D eigenvalue weighted by Crippen LogP contribution is 2.30. The molecule has 0 spiro atoms. The van der Waals surface area contributed by atoms with E-state index in [2.05, 4.69) is 9.88 Å². The van der Waals surface area contributed by atoms with Gasteiger partial charge >= 0.3 is 6.18 Å². The van der Waals surface area contributed by atoms with Crippen LogP contribution in [-0.4, -0.2) is 28.3 Å². The molecule has 0 unspecified atom stereocenters. The molecular weight excluding hydrogens is 403 g/mol. The fourth-order valence-corrected chi connectivity index (χ4v) is 3.76. The quantitative estimate of drug-likeness (QED) is 0.541. The standard InChI is InChI=1S/C21H17ClF3N3O/c22-20(29)13-7-9-28(10-8-13)19-6-3-15-11-14(1-4-17(15)27-19)16-2-5-18(26-12-16)21(23,24)25/h1-6,11-13H,7-10H2. The van der Waals surface area contributed by atoms with E-state index in [0.29, 0.717) is 18.4 Å². The molecule has 4 rings (SSSR count). The number of pyridine rings is 2. The van der Waals surface area contributed by atoms with Crippen LogP contribution in [0.15, 0.2) is 48.7 Å². The SMILES string of the molecule is O=C(Cl)C1CCN(c2ccc3cc(-c4ccc(C(F)(F)F)nc4)ccc3n2)CC1. The van der Waals surface area contributed by atoms with Gasteiger partial charge in [-0.1, -0.05) is 12.1 Å². The molecule has 29 heavy (non-hydrogen) atoms. The number of halogens is 4. The van der Waals surface area contributed by atoms with Gasteiger partial charge in [-0.15, -0.1) is 0 Å². The van der Waals surface area contributed by atoms with E-state index in [1.54, 1.807) is 0 Å². The summed E-state index contributed by atoms with van der Waals surface area (Å²) >= 11 is 5.59. The molecule has 1 aliphatic rings. The second kappa shape index (κ2) is 7.63. The van der Waals surface area contributed by atoms with Gasteiger partial charge in [-0.2, -0.15) is 13.2 Å². The Morgan fingerprint density at radius 3 is 2.38 bits per heavy atom. The van der Waals surface area contributed by atoms with Gasteiger partial charge in [0.15, 0.2) is 0 Å². The third-order valence-electron chi connectivity index (χ3n) is 5.20. The second-order valence-electron chi connectivity index (χ2n) is 7.07. The van der Waals surface area contributed by atoms with E-state index >= 15 is 0 Å². The van der Waals surface area contributed by atoms with Crippen molar-refractivity contribution in [2.45, 2.75) is 19.0 Å². The Hall–Kier alpha value is -2.67. The van der Waals surface area contributed by atoms with Gasteiger partial charge in [0.05, 0.1) is 5.52 Å². The summed E-state index contributed by atoms with van der Waals surface area (Å²) in [6.45, 7) is 1.44. The molecule has 0 radical (unpaired) electrons. The van der Waals surface area contributed by atoms with Gasteiger partial charge in [-0.25, -0.2) is 4.98 Å². The predicted molar refractivity (Wildman–Crippen MR) is 106 cm³/mol. The van der Waals surface area contributed by atoms with Gasteiger partial charge in [0.1, 0.15) is 11.5 Å². The minimum Gasteiger partial charge on any atom is -0.357 e. The van der Waals surface area contributed by atoms with E-state index in [4.69, 9.17) is 16.6 Å². The average Bonchev–Trinajstić information content (AvgIpc) is 2.72. The summed E-state index contributed by atoms with van der Waals surface area (Å²) in [5.74, 6) is 0.746. The smallest absolute Gasteiger partial charge is 0.357 e. The fraction of sp³-hybridized carbons (Fsp3) is 0.286. The monoisotopic (exact) mass is 419 g/mol. The Morgan fingerprint density at radius 2 is 1.76 bits per heavy atom. The molecule has 150 valence electrons. The second-order valence-corrected chi connectivity index (χ2v) is 7.44. The molecule has 8 heteroatoms. The maximum atomic E-state index is 12.7. The molecule has 3 heterocycles. The van der Waals surface area contributed by atoms with Crippen LogP contribution in [0.2, 0.25) is 0 Å². The van der Waals surface area contributed by atoms with Crippen molar-refractivity contribution < 1.29 is 18.0 Å². The molecule has 1 fully saturated rings. The van der Waals surface area contributed by atoms with Crippen molar-refractivity contribution in [1.29, 1.82) is 0 Å². The lowest BCUT2D eigenvalue weighted by atomic mass is 9.98. The van der Waals surface area contributed by atoms with Crippen molar-refractivity contribution in [1.82, 2.24) is 9.97 Å². The Balaban J connectivity index is 1.55. The molecule has 0 N–H and O–H groups in total. The molecule has 3 aromatic rings. The molecular formula is C21H17ClF3N3O. The fourth-order valence-electron chi connectivity index (χ4n) is 3.54. The number of alkyl halides is 3. The minimum atomic E-state index is -4.45. The zero-order valence-corrected chi connectivity index (χ0v) is 16.0. The van der Waals surface area contributed by atoms with Gasteiger partial charge in [-0.3, -0.25) is 9.78 Å². The maximum absolute atomic E-state index is 12.7. The molecule has 0 aliphatic carbocycles. The Bertz CT molecular complexity index is 1050. The number of piperidine rings is 1. The van der Waals surface area contributed by atoms with E-state index in [0.717, 1.165) is 41.4 Å². The first-order valence-electron chi connectivity index (χ1n) is 9.20. The molecule has 0 saturated carbocycles. The zero-order valence-electron chi connectivity index (χ0n) is 15.3. The van der Waals surface area contributed by atoms with E-state index in [1.165, 1.54) is 12.3 Å². The number of benzene rings is 1. The number of rotatable bonds is 3. The van der Waals surface area contributed by atoms with Crippen molar-refractivity contribution in [2.75, 3.05) is 18.0 Å². The Kier molecular flexibility index (Phi) is 5.17. The van der Waals surface area contributed by atoms with Crippen molar-refractivity contribution in [2.24, 2.45) is 5.92 Å². The highest BCUT2D eigenvalue weighted by atomic mass is 35.5. The normalized spacial score (nSPS) is 15.7. The van der Waals surface area contributed by atoms with Crippen molar-refractivity contribution in [3.8, 4) is 11.1 Å². The number of aromatic nitrogens is 2. The van der Waals surface area contributed by atoms with Crippen molar-refractivity contribution in [3.05, 3.63) is 54.4 Å². The van der Waals surface area contributed by atoms with Gasteiger partial charge in [0, 0.05) is 36.2 Å². The maximum Gasteiger partial charge on any atom is 0.433 e. The largest absolute Gasteiger partial charge is 0.433 e. The third-order valence-corrected chi connectivity index (χ3v) is 5.51. The lowest BCUT2D eigenvalue weighted by Gasteiger charge is -2.31. The number of nitrogens with zero attached hydrogens (tertiary/aromatic N) is 3. The van der Waals surface area contributed by atoms with Crippen molar-refractivity contribution in [3.63, 3.8) is 0 Å². The number of carbonyl (C=O) groups is 1. The summed E-state index contributed by atoms with van der Waals surface area (Å²) in [6.07, 6.45) is -1.80. The van der Waals surface area contributed by atoms with Gasteiger partial charge in [0.25, 0.3) is 0 Å². The summed E-state index contributed by atoms with van der Waals surface area (Å²) in [7, 11) is 0. The van der Waals surface area contributed by atoms with E-state index < -0.39 is 11.9 Å². The van der Waals surface area contributed by atoms with Crippen LogP contribution in [0.3, 0.4) is 0 Å². The van der Waals surface area contributed by atoms with Gasteiger partial charge < -0.3 is 4.90 Å². The lowest BCUT2D eigenvalue weighted by molar-refractivity contribution is -0.141. The Labute approximate surface area is 170 Å². The molecule has 0 atom stereocenters. The minimum absolute atomic E-state index is 0.0896. The number of hydrogen-bond acceptors (Lipinski definition) is 4. The molecule has 1 aliphatic heterocycles. The van der Waals surface area contributed by atoms with Crippen LogP contribution in [0.1, 0.15) is 18.5 Å². The molecule has 0 bridgehead atoms. The Morgan fingerprint density at radius 1 is 1.03 bits per heavy atom. The van der Waals surface area contributed by atoms with Gasteiger partial charge in [-0.05, 0) is 60.3 Å². The topological polar surface area (TPSA) is 46.1 Å². The number of fused-ring (bicyclic) bond motifs is 1. The molecule has 1 aromatic carbocycles. The van der Waals surface area contributed by atoms with E-state index in [-0.39, 0.29) is 11.2 Å². The van der Waals surface area contributed by atoms with Crippen LogP contribution in [0.5, 0.6) is 0 Å². The zero-order chi connectivity index (χ0) is 20.6. The van der Waals surface area contributed by atoms with Crippen LogP contribution >= 0.6 is 11.6 Å². The summed E-state index contributed by atoms with van der Waals surface area (Å²) in [4.78, 5) is 21.6. The third kappa shape index (κ3) is 4.19.